The summed E-state index contributed by atoms with van der Waals surface area (Å²) < 4.78 is 22.6. The van der Waals surface area contributed by atoms with E-state index in [2.05, 4.69) is 0 Å². The van der Waals surface area contributed by atoms with E-state index >= 15 is 0 Å². The van der Waals surface area contributed by atoms with Gasteiger partial charge in [0.15, 0.2) is 0 Å². The third-order valence-corrected chi connectivity index (χ3v) is 4.76. The first-order valence-corrected chi connectivity index (χ1v) is 8.85. The zero-order valence-electron chi connectivity index (χ0n) is 11.6. The van der Waals surface area contributed by atoms with E-state index in [9.17, 15) is 13.2 Å². The van der Waals surface area contributed by atoms with Gasteiger partial charge in [-0.2, -0.15) is 0 Å². The molecule has 0 radical (unpaired) electrons. The number of rotatable bonds is 5. The molecule has 7 heteroatoms. The Bertz CT molecular complexity index is 602. The van der Waals surface area contributed by atoms with E-state index in [1.165, 1.54) is 23.1 Å². The zero-order valence-corrected chi connectivity index (χ0v) is 13.9. The quantitative estimate of drug-likeness (QED) is 0.774. The van der Waals surface area contributed by atoms with Crippen molar-refractivity contribution in [1.29, 1.82) is 0 Å². The molecule has 0 aliphatic carbocycles. The average molecular weight is 338 g/mol. The fourth-order valence-electron chi connectivity index (χ4n) is 1.71. The molecule has 0 heterocycles. The first-order valence-electron chi connectivity index (χ1n) is 6.16. The van der Waals surface area contributed by atoms with Crippen LogP contribution in [-0.2, 0) is 9.05 Å². The number of halogens is 2. The fourth-order valence-corrected chi connectivity index (χ4v) is 2.68. The Morgan fingerprint density at radius 1 is 1.40 bits per heavy atom. The Labute approximate surface area is 129 Å². The molecule has 0 spiro atoms. The van der Waals surface area contributed by atoms with Crippen molar-refractivity contribution in [3.63, 3.8) is 0 Å². The highest BCUT2D eigenvalue weighted by Crippen LogP contribution is 2.24. The molecule has 1 atom stereocenters. The van der Waals surface area contributed by atoms with Gasteiger partial charge in [-0.3, -0.25) is 4.79 Å². The highest BCUT2D eigenvalue weighted by Gasteiger charge is 2.20. The third kappa shape index (κ3) is 4.36. The third-order valence-electron chi connectivity index (χ3n) is 3.08. The van der Waals surface area contributed by atoms with E-state index in [0.29, 0.717) is 12.5 Å². The van der Waals surface area contributed by atoms with Crippen molar-refractivity contribution in [2.75, 3.05) is 13.6 Å². The Balaban J connectivity index is 3.09. The molecular formula is C13H17Cl2NO3S. The molecule has 1 rings (SSSR count). The number of amides is 1. The predicted molar refractivity (Wildman–Crippen MR) is 80.9 cm³/mol. The largest absolute Gasteiger partial charge is 0.341 e. The molecular weight excluding hydrogens is 321 g/mol. The van der Waals surface area contributed by atoms with E-state index in [0.717, 1.165) is 6.42 Å². The van der Waals surface area contributed by atoms with Crippen molar-refractivity contribution in [3.05, 3.63) is 28.8 Å². The van der Waals surface area contributed by atoms with Crippen LogP contribution in [0.4, 0.5) is 0 Å². The summed E-state index contributed by atoms with van der Waals surface area (Å²) >= 11 is 5.97. The maximum absolute atomic E-state index is 12.3. The Morgan fingerprint density at radius 3 is 2.50 bits per heavy atom. The highest BCUT2D eigenvalue weighted by atomic mass is 35.7. The van der Waals surface area contributed by atoms with Crippen LogP contribution in [0.25, 0.3) is 0 Å². The molecule has 1 amide bonds. The van der Waals surface area contributed by atoms with Gasteiger partial charge in [-0.15, -0.1) is 0 Å². The molecule has 1 unspecified atom stereocenters. The SMILES string of the molecule is CCC(C)CN(C)C(=O)c1cc(S(=O)(=O)Cl)ccc1Cl. The Morgan fingerprint density at radius 2 is 2.00 bits per heavy atom. The van der Waals surface area contributed by atoms with E-state index in [1.54, 1.807) is 7.05 Å². The Kier molecular flexibility index (Phi) is 5.86. The lowest BCUT2D eigenvalue weighted by Crippen LogP contribution is -2.31. The normalized spacial score (nSPS) is 13.1. The van der Waals surface area contributed by atoms with Gasteiger partial charge >= 0.3 is 0 Å². The smallest absolute Gasteiger partial charge is 0.261 e. The van der Waals surface area contributed by atoms with Crippen molar-refractivity contribution in [3.8, 4) is 0 Å². The first-order chi connectivity index (χ1) is 9.16. The summed E-state index contributed by atoms with van der Waals surface area (Å²) in [5, 5.41) is 0.204. The van der Waals surface area contributed by atoms with Gasteiger partial charge in [-0.05, 0) is 24.1 Å². The molecule has 0 saturated heterocycles. The minimum Gasteiger partial charge on any atom is -0.341 e. The molecule has 0 aliphatic rings. The average Bonchev–Trinajstić information content (AvgIpc) is 2.36. The lowest BCUT2D eigenvalue weighted by Gasteiger charge is -2.21. The van der Waals surface area contributed by atoms with E-state index < -0.39 is 9.05 Å². The summed E-state index contributed by atoms with van der Waals surface area (Å²) in [5.41, 5.74) is 0.138. The molecule has 0 bridgehead atoms. The van der Waals surface area contributed by atoms with Crippen molar-refractivity contribution < 1.29 is 13.2 Å². The molecule has 0 aliphatic heterocycles. The van der Waals surface area contributed by atoms with Crippen LogP contribution >= 0.6 is 22.3 Å². The summed E-state index contributed by atoms with van der Waals surface area (Å²) in [5.74, 6) is 0.0279. The van der Waals surface area contributed by atoms with Crippen LogP contribution in [0.1, 0.15) is 30.6 Å². The number of carbonyl (C=O) groups is 1. The molecule has 20 heavy (non-hydrogen) atoms. The zero-order chi connectivity index (χ0) is 15.5. The van der Waals surface area contributed by atoms with Gasteiger partial charge in [0.05, 0.1) is 15.5 Å². The summed E-state index contributed by atoms with van der Waals surface area (Å²) in [6.45, 7) is 4.64. The van der Waals surface area contributed by atoms with Crippen LogP contribution in [-0.4, -0.2) is 32.8 Å². The predicted octanol–water partition coefficient (Wildman–Crippen LogP) is 3.39. The van der Waals surface area contributed by atoms with Crippen LogP contribution in [0.5, 0.6) is 0 Å². The van der Waals surface area contributed by atoms with Gasteiger partial charge in [0.2, 0.25) is 0 Å². The second-order valence-corrected chi connectivity index (χ2v) is 7.75. The van der Waals surface area contributed by atoms with Crippen LogP contribution < -0.4 is 0 Å². The number of hydrogen-bond acceptors (Lipinski definition) is 3. The number of nitrogens with zero attached hydrogens (tertiary/aromatic N) is 1. The molecule has 0 fully saturated rings. The van der Waals surface area contributed by atoms with Crippen molar-refractivity contribution in [2.24, 2.45) is 5.92 Å². The number of benzene rings is 1. The summed E-state index contributed by atoms with van der Waals surface area (Å²) in [6, 6.07) is 3.84. The molecule has 4 nitrogen and oxygen atoms in total. The van der Waals surface area contributed by atoms with Gasteiger partial charge in [0.25, 0.3) is 15.0 Å². The van der Waals surface area contributed by atoms with E-state index in [1.807, 2.05) is 13.8 Å². The minimum absolute atomic E-state index is 0.135. The van der Waals surface area contributed by atoms with Gasteiger partial charge in [-0.1, -0.05) is 31.9 Å². The van der Waals surface area contributed by atoms with Gasteiger partial charge < -0.3 is 4.90 Å². The second-order valence-electron chi connectivity index (χ2n) is 4.78. The molecule has 0 N–H and O–H groups in total. The van der Waals surface area contributed by atoms with Crippen LogP contribution in [0.2, 0.25) is 5.02 Å². The molecule has 0 saturated carbocycles. The van der Waals surface area contributed by atoms with Crippen LogP contribution in [0.15, 0.2) is 23.1 Å². The fraction of sp³-hybridized carbons (Fsp3) is 0.462. The minimum atomic E-state index is -3.89. The highest BCUT2D eigenvalue weighted by molar-refractivity contribution is 8.13. The van der Waals surface area contributed by atoms with Crippen molar-refractivity contribution in [1.82, 2.24) is 4.90 Å². The van der Waals surface area contributed by atoms with E-state index in [-0.39, 0.29) is 21.4 Å². The molecule has 112 valence electrons. The van der Waals surface area contributed by atoms with Gasteiger partial charge in [-0.25, -0.2) is 8.42 Å². The topological polar surface area (TPSA) is 54.5 Å². The van der Waals surface area contributed by atoms with Crippen LogP contribution in [0, 0.1) is 5.92 Å². The molecule has 0 aromatic heterocycles. The number of carbonyl (C=O) groups excluding carboxylic acids is 1. The first kappa shape index (κ1) is 17.3. The van der Waals surface area contributed by atoms with Gasteiger partial charge in [0.1, 0.15) is 0 Å². The monoisotopic (exact) mass is 337 g/mol. The second kappa shape index (κ2) is 6.78. The lowest BCUT2D eigenvalue weighted by atomic mass is 10.1. The molecule has 1 aromatic rings. The summed E-state index contributed by atoms with van der Waals surface area (Å²) in [4.78, 5) is 13.7. The number of hydrogen-bond donors (Lipinski definition) is 0. The molecule has 1 aromatic carbocycles. The maximum Gasteiger partial charge on any atom is 0.261 e. The lowest BCUT2D eigenvalue weighted by molar-refractivity contribution is 0.0775. The standard InChI is InChI=1S/C13H17Cl2NO3S/c1-4-9(2)8-16(3)13(17)11-7-10(20(15,18)19)5-6-12(11)14/h5-7,9H,4,8H2,1-3H3. The van der Waals surface area contributed by atoms with Crippen molar-refractivity contribution in [2.45, 2.75) is 25.2 Å². The van der Waals surface area contributed by atoms with E-state index in [4.69, 9.17) is 22.3 Å². The van der Waals surface area contributed by atoms with Gasteiger partial charge in [0, 0.05) is 24.3 Å². The Hall–Kier alpha value is -0.780. The van der Waals surface area contributed by atoms with Crippen LogP contribution in [0.3, 0.4) is 0 Å². The maximum atomic E-state index is 12.3. The summed E-state index contributed by atoms with van der Waals surface area (Å²) in [7, 11) is 3.05. The van der Waals surface area contributed by atoms with Crippen molar-refractivity contribution >= 4 is 37.2 Å². The summed E-state index contributed by atoms with van der Waals surface area (Å²) in [6.07, 6.45) is 0.946.